The van der Waals surface area contributed by atoms with Crippen LogP contribution >= 0.6 is 22.7 Å². The number of rotatable bonds is 4. The summed E-state index contributed by atoms with van der Waals surface area (Å²) in [6.45, 7) is 22.7. The van der Waals surface area contributed by atoms with Gasteiger partial charge in [-0.25, -0.2) is 0 Å². The highest BCUT2D eigenvalue weighted by Crippen LogP contribution is 2.51. The summed E-state index contributed by atoms with van der Waals surface area (Å²) < 4.78 is 17.3. The van der Waals surface area contributed by atoms with Crippen LogP contribution in [-0.4, -0.2) is 6.71 Å². The lowest BCUT2D eigenvalue weighted by molar-refractivity contribution is 0.589. The Bertz CT molecular complexity index is 3660. The van der Waals surface area contributed by atoms with E-state index in [0.717, 1.165) is 56.5 Å². The molecule has 6 heterocycles. The van der Waals surface area contributed by atoms with Gasteiger partial charge >= 0.3 is 0 Å². The van der Waals surface area contributed by atoms with Gasteiger partial charge in [0.25, 0.3) is 6.71 Å². The molecule has 2 aliphatic rings. The summed E-state index contributed by atoms with van der Waals surface area (Å²) in [5.41, 5.74) is 22.1. The first-order chi connectivity index (χ1) is 33.1. The molecule has 11 aromatic rings. The smallest absolute Gasteiger partial charge is 0.262 e. The zero-order valence-electron chi connectivity index (χ0n) is 40.9. The van der Waals surface area contributed by atoms with Crippen molar-refractivity contribution in [2.24, 2.45) is 0 Å². The van der Waals surface area contributed by atoms with E-state index < -0.39 is 0 Å². The summed E-state index contributed by atoms with van der Waals surface area (Å²) >= 11 is 3.62. The number of furan rings is 2. The fourth-order valence-electron chi connectivity index (χ4n) is 11.7. The van der Waals surface area contributed by atoms with Crippen molar-refractivity contribution in [2.45, 2.75) is 80.1 Å². The molecule has 0 fully saturated rings. The Hall–Kier alpha value is -6.80. The van der Waals surface area contributed by atoms with E-state index >= 15 is 0 Å². The molecule has 0 radical (unpaired) electrons. The molecule has 0 amide bonds. The van der Waals surface area contributed by atoms with Crippen LogP contribution in [0.5, 0.6) is 0 Å². The molecule has 0 atom stereocenters. The minimum absolute atomic E-state index is 0.0698. The van der Waals surface area contributed by atoms with Gasteiger partial charge in [0.05, 0.1) is 11.4 Å². The highest BCUT2D eigenvalue weighted by atomic mass is 32.1. The first kappa shape index (κ1) is 42.3. The largest absolute Gasteiger partial charge is 0.440 e. The van der Waals surface area contributed by atoms with Crippen LogP contribution in [-0.2, 0) is 10.8 Å². The van der Waals surface area contributed by atoms with Gasteiger partial charge in [-0.05, 0) is 172 Å². The summed E-state index contributed by atoms with van der Waals surface area (Å²) in [5, 5.41) is 9.50. The van der Waals surface area contributed by atoms with E-state index in [0.29, 0.717) is 0 Å². The van der Waals surface area contributed by atoms with E-state index in [1.807, 2.05) is 22.7 Å². The highest BCUT2D eigenvalue weighted by Gasteiger charge is 2.49. The molecule has 0 unspecified atom stereocenters. The topological polar surface area (TPSA) is 32.8 Å². The molecule has 7 aromatic carbocycles. The molecule has 4 aromatic heterocycles. The zero-order chi connectivity index (χ0) is 47.4. The van der Waals surface area contributed by atoms with Crippen LogP contribution in [0, 0.1) is 27.7 Å². The van der Waals surface area contributed by atoms with Crippen LogP contribution < -0.4 is 26.2 Å². The van der Waals surface area contributed by atoms with Crippen LogP contribution in [0.15, 0.2) is 147 Å². The van der Waals surface area contributed by atoms with Crippen molar-refractivity contribution in [1.29, 1.82) is 0 Å². The summed E-state index contributed by atoms with van der Waals surface area (Å²) in [4.78, 5) is 4.91. The van der Waals surface area contributed by atoms with E-state index in [1.54, 1.807) is 0 Å². The Morgan fingerprint density at radius 3 is 1.25 bits per heavy atom. The van der Waals surface area contributed by atoms with Gasteiger partial charge in [0.2, 0.25) is 11.8 Å². The van der Waals surface area contributed by atoms with Crippen molar-refractivity contribution in [3.05, 3.63) is 172 Å². The fourth-order valence-corrected chi connectivity index (χ4v) is 13.6. The lowest BCUT2D eigenvalue weighted by atomic mass is 9.33. The van der Waals surface area contributed by atoms with Crippen LogP contribution in [0.4, 0.5) is 34.5 Å². The summed E-state index contributed by atoms with van der Waals surface area (Å²) in [7, 11) is 0. The standard InChI is InChI=1S/C62H53BN2O2S2/c1-34-26-38(46-32-68-52-20-13-11-16-42(46)52)27-35(2)57(34)64-48-18-15-19-49-56(48)63(54-44-30-40(61(5,6)7)22-24-50(44)66-59(54)64)55-45-31-41(62(8,9)10)23-25-51(45)67-60(55)65(49)58-36(3)28-39(29-37(58)4)47-33-69-53-21-14-12-17-43(47)53/h11-33H,1-10H3. The monoisotopic (exact) mass is 932 g/mol. The highest BCUT2D eigenvalue weighted by molar-refractivity contribution is 7.18. The van der Waals surface area contributed by atoms with E-state index in [9.17, 15) is 0 Å². The molecular weight excluding hydrogens is 880 g/mol. The number of thiophene rings is 2. The number of hydrogen-bond donors (Lipinski definition) is 0. The van der Waals surface area contributed by atoms with E-state index in [4.69, 9.17) is 8.83 Å². The molecule has 338 valence electrons. The summed E-state index contributed by atoms with van der Waals surface area (Å²) in [5.74, 6) is 1.73. The third-order valence-corrected chi connectivity index (χ3v) is 16.9. The normalized spacial score (nSPS) is 13.6. The SMILES string of the molecule is Cc1cc(-c2csc3ccccc23)cc(C)c1N1c2cccc3c2B(c2c1oc1ccc(C(C)(C)C)cc21)c1c(oc2ccc(C(C)(C)C)cc12)N3c1c(C)cc(-c2csc3ccccc23)cc1C. The third-order valence-electron chi connectivity index (χ3n) is 15.0. The maximum absolute atomic E-state index is 7.34. The van der Waals surface area contributed by atoms with Crippen molar-refractivity contribution in [1.82, 2.24) is 0 Å². The third kappa shape index (κ3) is 6.25. The van der Waals surface area contributed by atoms with Crippen molar-refractivity contribution < 1.29 is 8.83 Å². The fraction of sp³-hybridized carbons (Fsp3) is 0.194. The molecule has 0 aliphatic carbocycles. The predicted molar refractivity (Wildman–Crippen MR) is 298 cm³/mol. The minimum atomic E-state index is -0.184. The first-order valence-electron chi connectivity index (χ1n) is 24.2. The zero-order valence-corrected chi connectivity index (χ0v) is 42.5. The van der Waals surface area contributed by atoms with Gasteiger partial charge in [0.1, 0.15) is 11.2 Å². The van der Waals surface area contributed by atoms with Crippen molar-refractivity contribution in [2.75, 3.05) is 9.80 Å². The van der Waals surface area contributed by atoms with Crippen molar-refractivity contribution >= 4 is 122 Å². The molecule has 0 N–H and O–H groups in total. The molecule has 0 saturated heterocycles. The number of hydrogen-bond acceptors (Lipinski definition) is 6. The minimum Gasteiger partial charge on any atom is -0.440 e. The summed E-state index contributed by atoms with van der Waals surface area (Å²) in [6, 6.07) is 47.6. The second kappa shape index (κ2) is 14.9. The quantitative estimate of drug-likeness (QED) is 0.165. The van der Waals surface area contributed by atoms with Crippen molar-refractivity contribution in [3.63, 3.8) is 0 Å². The number of anilines is 6. The molecule has 69 heavy (non-hydrogen) atoms. The van der Waals surface area contributed by atoms with Crippen LogP contribution in [0.25, 0.3) is 64.4 Å². The van der Waals surface area contributed by atoms with Gasteiger partial charge in [-0.3, -0.25) is 9.80 Å². The average Bonchev–Trinajstić information content (AvgIpc) is 4.12. The predicted octanol–water partition coefficient (Wildman–Crippen LogP) is 16.9. The lowest BCUT2D eigenvalue weighted by Crippen LogP contribution is -2.61. The molecule has 4 nitrogen and oxygen atoms in total. The molecule has 0 bridgehead atoms. The van der Waals surface area contributed by atoms with E-state index in [2.05, 4.69) is 217 Å². The van der Waals surface area contributed by atoms with Gasteiger partial charge in [-0.1, -0.05) is 96.1 Å². The van der Waals surface area contributed by atoms with Gasteiger partial charge in [-0.15, -0.1) is 22.7 Å². The Morgan fingerprint density at radius 1 is 0.435 bits per heavy atom. The number of benzene rings is 7. The molecule has 2 aliphatic heterocycles. The van der Waals surface area contributed by atoms with Crippen LogP contribution in [0.1, 0.15) is 74.9 Å². The number of aryl methyl sites for hydroxylation is 4. The molecule has 0 spiro atoms. The van der Waals surface area contributed by atoms with Crippen LogP contribution in [0.2, 0.25) is 0 Å². The van der Waals surface area contributed by atoms with Crippen molar-refractivity contribution in [3.8, 4) is 22.3 Å². The first-order valence-corrected chi connectivity index (χ1v) is 25.9. The van der Waals surface area contributed by atoms with Crippen LogP contribution in [0.3, 0.4) is 0 Å². The van der Waals surface area contributed by atoms with E-state index in [1.165, 1.54) is 92.2 Å². The van der Waals surface area contributed by atoms with Gasteiger partial charge in [0, 0.05) is 64.4 Å². The van der Waals surface area contributed by atoms with E-state index in [-0.39, 0.29) is 17.5 Å². The molecule has 13 rings (SSSR count). The Balaban J connectivity index is 1.11. The van der Waals surface area contributed by atoms with Gasteiger partial charge in [0.15, 0.2) is 0 Å². The Labute approximate surface area is 412 Å². The van der Waals surface area contributed by atoms with Gasteiger partial charge < -0.3 is 8.83 Å². The lowest BCUT2D eigenvalue weighted by Gasteiger charge is -2.41. The average molecular weight is 933 g/mol. The maximum atomic E-state index is 7.34. The Kier molecular flexibility index (Phi) is 9.11. The Morgan fingerprint density at radius 2 is 0.841 bits per heavy atom. The second-order valence-corrected chi connectivity index (χ2v) is 23.4. The molecule has 0 saturated carbocycles. The number of nitrogens with zero attached hydrogens (tertiary/aromatic N) is 2. The summed E-state index contributed by atoms with van der Waals surface area (Å²) in [6.07, 6.45) is 0. The molecular formula is C62H53BN2O2S2. The maximum Gasteiger partial charge on any atom is 0.262 e. The number of fused-ring (bicyclic) bond motifs is 10. The van der Waals surface area contributed by atoms with Gasteiger partial charge in [-0.2, -0.15) is 0 Å². The second-order valence-electron chi connectivity index (χ2n) is 21.6. The molecule has 7 heteroatoms.